The van der Waals surface area contributed by atoms with Gasteiger partial charge < -0.3 is 19.3 Å². The van der Waals surface area contributed by atoms with Crippen LogP contribution < -0.4 is 0 Å². The highest BCUT2D eigenvalue weighted by Gasteiger charge is 2.28. The molecule has 0 N–H and O–H groups in total. The Kier molecular flexibility index (Phi) is 11.4. The molecular weight excluding hydrogens is 252 g/mol. The molecule has 0 aromatic heterocycles. The molecule has 0 aliphatic heterocycles. The molecule has 0 saturated heterocycles. The van der Waals surface area contributed by atoms with Crippen LogP contribution in [0.5, 0.6) is 0 Å². The van der Waals surface area contributed by atoms with E-state index in [1.54, 1.807) is 0 Å². The molecule has 0 fully saturated rings. The fourth-order valence-electron chi connectivity index (χ4n) is 2.17. The van der Waals surface area contributed by atoms with Gasteiger partial charge in [-0.2, -0.15) is 0 Å². The Morgan fingerprint density at radius 2 is 1.25 bits per heavy atom. The molecule has 122 valence electrons. The molecule has 0 aromatic carbocycles. The second kappa shape index (κ2) is 11.5. The summed E-state index contributed by atoms with van der Waals surface area (Å²) >= 11 is 0. The van der Waals surface area contributed by atoms with Crippen LogP contribution in [0.3, 0.4) is 0 Å². The smallest absolute Gasteiger partial charge is 0.0593 e. The number of rotatable bonds is 13. The summed E-state index contributed by atoms with van der Waals surface area (Å²) in [7, 11) is 8.30. The van der Waals surface area contributed by atoms with Crippen molar-refractivity contribution in [1.29, 1.82) is 0 Å². The molecule has 4 nitrogen and oxygen atoms in total. The lowest BCUT2D eigenvalue weighted by molar-refractivity contribution is -0.0342. The van der Waals surface area contributed by atoms with E-state index in [2.05, 4.69) is 51.8 Å². The van der Waals surface area contributed by atoms with E-state index in [0.29, 0.717) is 0 Å². The van der Waals surface area contributed by atoms with E-state index in [4.69, 9.17) is 9.47 Å². The topological polar surface area (TPSA) is 24.9 Å². The van der Waals surface area contributed by atoms with Crippen molar-refractivity contribution in [2.75, 3.05) is 67.7 Å². The summed E-state index contributed by atoms with van der Waals surface area (Å²) in [5.74, 6) is 0. The van der Waals surface area contributed by atoms with Gasteiger partial charge in [-0.05, 0) is 41.0 Å². The van der Waals surface area contributed by atoms with Crippen LogP contribution in [-0.4, -0.2) is 77.5 Å². The molecule has 0 aromatic rings. The van der Waals surface area contributed by atoms with Crippen LogP contribution in [0.2, 0.25) is 0 Å². The zero-order chi connectivity index (χ0) is 15.4. The van der Waals surface area contributed by atoms with E-state index in [9.17, 15) is 0 Å². The first-order chi connectivity index (χ1) is 9.45. The molecule has 0 amide bonds. The van der Waals surface area contributed by atoms with Crippen LogP contribution >= 0.6 is 0 Å². The normalized spacial score (nSPS) is 12.6. The van der Waals surface area contributed by atoms with E-state index in [1.165, 1.54) is 12.8 Å². The number of hydrogen-bond acceptors (Lipinski definition) is 4. The summed E-state index contributed by atoms with van der Waals surface area (Å²) in [6.45, 7) is 9.68. The highest BCUT2D eigenvalue weighted by atomic mass is 16.5. The van der Waals surface area contributed by atoms with Crippen molar-refractivity contribution in [2.24, 2.45) is 5.41 Å². The van der Waals surface area contributed by atoms with Crippen molar-refractivity contribution in [3.63, 3.8) is 0 Å². The standard InChI is InChI=1S/C16H36N2O2/c1-7-9-16(8-2,14-19-12-10-17(3)4)15-20-13-11-18(5)6/h7-15H2,1-6H3. The van der Waals surface area contributed by atoms with Crippen LogP contribution in [0, 0.1) is 5.41 Å². The predicted octanol–water partition coefficient (Wildman–Crippen LogP) is 2.34. The van der Waals surface area contributed by atoms with E-state index in [1.807, 2.05) is 0 Å². The van der Waals surface area contributed by atoms with E-state index in [-0.39, 0.29) is 5.41 Å². The molecule has 0 aliphatic carbocycles. The molecule has 0 spiro atoms. The fraction of sp³-hybridized carbons (Fsp3) is 1.00. The van der Waals surface area contributed by atoms with Crippen LogP contribution in [0.15, 0.2) is 0 Å². The van der Waals surface area contributed by atoms with Crippen LogP contribution in [0.1, 0.15) is 33.1 Å². The van der Waals surface area contributed by atoms with Crippen LogP contribution in [0.4, 0.5) is 0 Å². The first kappa shape index (κ1) is 19.8. The maximum absolute atomic E-state index is 5.90. The van der Waals surface area contributed by atoms with Gasteiger partial charge in [0, 0.05) is 18.5 Å². The third-order valence-electron chi connectivity index (χ3n) is 3.71. The lowest BCUT2D eigenvalue weighted by atomic mass is 9.82. The Hall–Kier alpha value is -0.160. The number of ether oxygens (including phenoxy) is 2. The first-order valence-corrected chi connectivity index (χ1v) is 7.90. The van der Waals surface area contributed by atoms with Crippen molar-refractivity contribution in [2.45, 2.75) is 33.1 Å². The summed E-state index contributed by atoms with van der Waals surface area (Å²) in [4.78, 5) is 4.31. The highest BCUT2D eigenvalue weighted by molar-refractivity contribution is 4.77. The van der Waals surface area contributed by atoms with Crippen LogP contribution in [0.25, 0.3) is 0 Å². The minimum absolute atomic E-state index is 0.188. The fourth-order valence-corrected chi connectivity index (χ4v) is 2.17. The average Bonchev–Trinajstić information content (AvgIpc) is 2.39. The molecule has 0 atom stereocenters. The van der Waals surface area contributed by atoms with Gasteiger partial charge in [-0.3, -0.25) is 0 Å². The molecule has 0 saturated carbocycles. The monoisotopic (exact) mass is 288 g/mol. The van der Waals surface area contributed by atoms with Gasteiger partial charge in [0.05, 0.1) is 26.4 Å². The van der Waals surface area contributed by atoms with Crippen molar-refractivity contribution in [1.82, 2.24) is 9.80 Å². The Bertz CT molecular complexity index is 205. The van der Waals surface area contributed by atoms with E-state index < -0.39 is 0 Å². The Morgan fingerprint density at radius 3 is 1.55 bits per heavy atom. The molecule has 0 heterocycles. The van der Waals surface area contributed by atoms with E-state index in [0.717, 1.165) is 45.9 Å². The molecule has 4 heteroatoms. The summed E-state index contributed by atoms with van der Waals surface area (Å²) in [5, 5.41) is 0. The maximum Gasteiger partial charge on any atom is 0.0593 e. The highest BCUT2D eigenvalue weighted by Crippen LogP contribution is 2.29. The van der Waals surface area contributed by atoms with Crippen molar-refractivity contribution in [3.8, 4) is 0 Å². The van der Waals surface area contributed by atoms with Gasteiger partial charge in [-0.1, -0.05) is 20.3 Å². The van der Waals surface area contributed by atoms with Gasteiger partial charge >= 0.3 is 0 Å². The third-order valence-corrected chi connectivity index (χ3v) is 3.71. The Morgan fingerprint density at radius 1 is 0.800 bits per heavy atom. The quantitative estimate of drug-likeness (QED) is 0.486. The van der Waals surface area contributed by atoms with Gasteiger partial charge in [0.1, 0.15) is 0 Å². The van der Waals surface area contributed by atoms with Gasteiger partial charge in [0.15, 0.2) is 0 Å². The molecule has 0 aliphatic rings. The first-order valence-electron chi connectivity index (χ1n) is 7.90. The zero-order valence-electron chi connectivity index (χ0n) is 14.6. The number of likely N-dealkylation sites (N-methyl/N-ethyl adjacent to an activating group) is 2. The SMILES string of the molecule is CCCC(CC)(COCCN(C)C)COCCN(C)C. The zero-order valence-corrected chi connectivity index (χ0v) is 14.6. The van der Waals surface area contributed by atoms with Gasteiger partial charge in [-0.25, -0.2) is 0 Å². The summed E-state index contributed by atoms with van der Waals surface area (Å²) in [5.41, 5.74) is 0.188. The number of hydrogen-bond donors (Lipinski definition) is 0. The molecule has 0 unspecified atom stereocenters. The summed E-state index contributed by atoms with van der Waals surface area (Å²) in [6.07, 6.45) is 3.47. The lowest BCUT2D eigenvalue weighted by Crippen LogP contribution is -2.34. The second-order valence-corrected chi connectivity index (χ2v) is 6.32. The van der Waals surface area contributed by atoms with Crippen molar-refractivity contribution in [3.05, 3.63) is 0 Å². The van der Waals surface area contributed by atoms with Gasteiger partial charge in [-0.15, -0.1) is 0 Å². The van der Waals surface area contributed by atoms with Crippen molar-refractivity contribution < 1.29 is 9.47 Å². The summed E-state index contributed by atoms with van der Waals surface area (Å²) < 4.78 is 11.8. The van der Waals surface area contributed by atoms with Crippen LogP contribution in [-0.2, 0) is 9.47 Å². The third kappa shape index (κ3) is 9.70. The second-order valence-electron chi connectivity index (χ2n) is 6.32. The minimum Gasteiger partial charge on any atom is -0.379 e. The molecule has 0 rings (SSSR count). The minimum atomic E-state index is 0.188. The van der Waals surface area contributed by atoms with Gasteiger partial charge in [0.25, 0.3) is 0 Å². The Balaban J connectivity index is 4.13. The predicted molar refractivity (Wildman–Crippen MR) is 86.4 cm³/mol. The van der Waals surface area contributed by atoms with E-state index >= 15 is 0 Å². The summed E-state index contributed by atoms with van der Waals surface area (Å²) in [6, 6.07) is 0. The molecule has 20 heavy (non-hydrogen) atoms. The number of nitrogens with zero attached hydrogens (tertiary/aromatic N) is 2. The molecule has 0 bridgehead atoms. The maximum atomic E-state index is 5.90. The Labute approximate surface area is 126 Å². The molecular formula is C16H36N2O2. The molecule has 0 radical (unpaired) electrons. The average molecular weight is 288 g/mol. The largest absolute Gasteiger partial charge is 0.379 e. The van der Waals surface area contributed by atoms with Crippen molar-refractivity contribution >= 4 is 0 Å². The lowest BCUT2D eigenvalue weighted by Gasteiger charge is -2.32. The van der Waals surface area contributed by atoms with Gasteiger partial charge in [0.2, 0.25) is 0 Å².